The van der Waals surface area contributed by atoms with Crippen molar-refractivity contribution in [1.29, 1.82) is 0 Å². The summed E-state index contributed by atoms with van der Waals surface area (Å²) in [6.07, 6.45) is -1.72. The molecule has 0 spiro atoms. The molecule has 2 amide bonds. The number of amides is 2. The number of carbonyl (C=O) groups excluding carboxylic acids is 1. The molecule has 2 aliphatic carbocycles. The summed E-state index contributed by atoms with van der Waals surface area (Å²) < 4.78 is 86.8. The van der Waals surface area contributed by atoms with Crippen LogP contribution in [0.25, 0.3) is 0 Å². The number of sulfonamides is 1. The van der Waals surface area contributed by atoms with Gasteiger partial charge in [0.15, 0.2) is 0 Å². The Morgan fingerprint density at radius 1 is 1.06 bits per heavy atom. The lowest BCUT2D eigenvalue weighted by molar-refractivity contribution is -0.139. The van der Waals surface area contributed by atoms with Crippen LogP contribution in [0.5, 0.6) is 0 Å². The summed E-state index contributed by atoms with van der Waals surface area (Å²) in [4.78, 5) is 12.6. The average molecular weight is 528 g/mol. The average Bonchev–Trinajstić information content (AvgIpc) is 3.73. The maximum absolute atomic E-state index is 13.6. The number of benzene rings is 2. The van der Waals surface area contributed by atoms with Crippen molar-refractivity contribution in [2.24, 2.45) is 17.8 Å². The molecule has 3 atom stereocenters. The van der Waals surface area contributed by atoms with Gasteiger partial charge in [-0.25, -0.2) is 22.3 Å². The summed E-state index contributed by atoms with van der Waals surface area (Å²) in [5.41, 5.74) is -1.06. The molecule has 0 bridgehead atoms. The molecule has 3 unspecified atom stereocenters. The van der Waals surface area contributed by atoms with Gasteiger partial charge in [0.1, 0.15) is 5.82 Å². The molecule has 36 heavy (non-hydrogen) atoms. The molecule has 2 aromatic rings. The van der Waals surface area contributed by atoms with Gasteiger partial charge in [0.25, 0.3) is 0 Å². The van der Waals surface area contributed by atoms with Crippen LogP contribution in [0.1, 0.15) is 42.9 Å². The summed E-state index contributed by atoms with van der Waals surface area (Å²) >= 11 is 0. The Labute approximate surface area is 205 Å². The number of urea groups is 1. The highest BCUT2D eigenvalue weighted by Gasteiger charge is 2.63. The summed E-state index contributed by atoms with van der Waals surface area (Å²) in [5.74, 6) is 0.182. The van der Waals surface area contributed by atoms with Crippen LogP contribution in [0.15, 0.2) is 41.3 Å². The molecule has 2 saturated carbocycles. The molecular formula is C24H25F4N3O4S. The second kappa shape index (κ2) is 9.31. The van der Waals surface area contributed by atoms with Crippen LogP contribution in [-0.4, -0.2) is 27.6 Å². The molecule has 5 rings (SSSR count). The third-order valence-corrected chi connectivity index (χ3v) is 8.42. The molecule has 1 saturated heterocycles. The molecule has 194 valence electrons. The van der Waals surface area contributed by atoms with Gasteiger partial charge in [0, 0.05) is 30.1 Å². The second-order valence-corrected chi connectivity index (χ2v) is 11.2. The van der Waals surface area contributed by atoms with Crippen LogP contribution in [-0.2, 0) is 20.9 Å². The minimum atomic E-state index is -4.93. The highest BCUT2D eigenvalue weighted by Crippen LogP contribution is 2.67. The summed E-state index contributed by atoms with van der Waals surface area (Å²) in [6.45, 7) is 0.873. The quantitative estimate of drug-likeness (QED) is 0.427. The number of halogens is 4. The topological polar surface area (TPSA) is 96.5 Å². The molecule has 0 radical (unpaired) electrons. The van der Waals surface area contributed by atoms with Crippen LogP contribution < -0.4 is 15.4 Å². The maximum Gasteiger partial charge on any atom is 0.419 e. The van der Waals surface area contributed by atoms with E-state index in [1.165, 1.54) is 12.1 Å². The summed E-state index contributed by atoms with van der Waals surface area (Å²) in [6, 6.07) is 5.54. The number of rotatable bonds is 7. The van der Waals surface area contributed by atoms with Gasteiger partial charge in [-0.05, 0) is 73.8 Å². The van der Waals surface area contributed by atoms with Crippen molar-refractivity contribution >= 4 is 27.4 Å². The fourth-order valence-corrected chi connectivity index (χ4v) is 5.79. The predicted octanol–water partition coefficient (Wildman–Crippen LogP) is 5.27. The molecule has 3 aliphatic rings. The van der Waals surface area contributed by atoms with Crippen LogP contribution >= 0.6 is 0 Å². The number of nitrogens with one attached hydrogen (secondary N) is 3. The van der Waals surface area contributed by atoms with Crippen LogP contribution in [0, 0.1) is 23.6 Å². The maximum atomic E-state index is 13.6. The fourth-order valence-electron chi connectivity index (χ4n) is 4.69. The SMILES string of the molecule is O=C(Nc1ccc(F)c(C(F)(F)F)c1)Nc1cc(S(=O)(=O)NCC2C3CC23)ccc1C1CCCCO1. The Balaban J connectivity index is 1.36. The number of ether oxygens (including phenoxy) is 1. The van der Waals surface area contributed by atoms with Crippen LogP contribution in [0.3, 0.4) is 0 Å². The highest BCUT2D eigenvalue weighted by molar-refractivity contribution is 7.89. The van der Waals surface area contributed by atoms with E-state index in [0.29, 0.717) is 55.0 Å². The third-order valence-electron chi connectivity index (χ3n) is 7.00. The fraction of sp³-hybridized carbons (Fsp3) is 0.458. The van der Waals surface area contributed by atoms with Crippen molar-refractivity contribution in [2.45, 2.75) is 42.9 Å². The van der Waals surface area contributed by atoms with Gasteiger partial charge < -0.3 is 15.4 Å². The van der Waals surface area contributed by atoms with E-state index in [0.717, 1.165) is 25.3 Å². The van der Waals surface area contributed by atoms with E-state index < -0.39 is 33.6 Å². The highest BCUT2D eigenvalue weighted by atomic mass is 32.2. The lowest BCUT2D eigenvalue weighted by atomic mass is 10.00. The van der Waals surface area contributed by atoms with E-state index >= 15 is 0 Å². The van der Waals surface area contributed by atoms with Gasteiger partial charge >= 0.3 is 12.2 Å². The zero-order valence-corrected chi connectivity index (χ0v) is 19.9. The van der Waals surface area contributed by atoms with Crippen molar-refractivity contribution in [2.75, 3.05) is 23.8 Å². The van der Waals surface area contributed by atoms with Gasteiger partial charge in [-0.15, -0.1) is 0 Å². The normalized spacial score (nSPS) is 25.1. The molecule has 7 nitrogen and oxygen atoms in total. The van der Waals surface area contributed by atoms with Crippen molar-refractivity contribution in [3.63, 3.8) is 0 Å². The van der Waals surface area contributed by atoms with Gasteiger partial charge in [0.05, 0.1) is 16.6 Å². The summed E-state index contributed by atoms with van der Waals surface area (Å²) in [5, 5.41) is 4.79. The lowest BCUT2D eigenvalue weighted by Gasteiger charge is -2.25. The molecule has 1 aliphatic heterocycles. The minimum absolute atomic E-state index is 0.0483. The predicted molar refractivity (Wildman–Crippen MR) is 123 cm³/mol. The van der Waals surface area contributed by atoms with E-state index in [4.69, 9.17) is 4.74 Å². The van der Waals surface area contributed by atoms with Gasteiger partial charge in [-0.3, -0.25) is 0 Å². The van der Waals surface area contributed by atoms with Crippen molar-refractivity contribution in [1.82, 2.24) is 4.72 Å². The van der Waals surface area contributed by atoms with Crippen molar-refractivity contribution in [3.05, 3.63) is 53.3 Å². The first kappa shape index (κ1) is 25.0. The molecule has 3 fully saturated rings. The number of fused-ring (bicyclic) bond motifs is 1. The largest absolute Gasteiger partial charge is 0.419 e. The molecule has 1 heterocycles. The molecule has 12 heteroatoms. The van der Waals surface area contributed by atoms with Crippen LogP contribution in [0.2, 0.25) is 0 Å². The molecular weight excluding hydrogens is 502 g/mol. The number of anilines is 2. The number of hydrogen-bond acceptors (Lipinski definition) is 4. The van der Waals surface area contributed by atoms with Crippen molar-refractivity contribution in [3.8, 4) is 0 Å². The van der Waals surface area contributed by atoms with E-state index in [-0.39, 0.29) is 22.4 Å². The molecule has 0 aromatic heterocycles. The Hall–Kier alpha value is -2.70. The molecule has 3 N–H and O–H groups in total. The van der Waals surface area contributed by atoms with Crippen LogP contribution in [0.4, 0.5) is 33.7 Å². The molecule has 2 aromatic carbocycles. The van der Waals surface area contributed by atoms with E-state index in [1.54, 1.807) is 6.07 Å². The lowest BCUT2D eigenvalue weighted by Crippen LogP contribution is -2.28. The Kier molecular flexibility index (Phi) is 6.46. The first-order valence-corrected chi connectivity index (χ1v) is 13.2. The van der Waals surface area contributed by atoms with Gasteiger partial charge in [-0.2, -0.15) is 13.2 Å². The second-order valence-electron chi connectivity index (χ2n) is 9.45. The third kappa shape index (κ3) is 5.35. The standard InChI is InChI=1S/C24H25F4N3O4S/c25-20-7-4-13(9-19(20)24(26,27)28)30-23(32)31-21-10-14(5-6-15(21)22-3-1-2-8-35-22)36(33,34)29-12-18-16-11-17(16)18/h4-7,9-10,16-18,22,29H,1-3,8,11-12H2,(H2,30,31,32). The van der Waals surface area contributed by atoms with Crippen molar-refractivity contribution < 1.29 is 35.5 Å². The van der Waals surface area contributed by atoms with E-state index in [1.807, 2.05) is 0 Å². The van der Waals surface area contributed by atoms with E-state index in [2.05, 4.69) is 15.4 Å². The van der Waals surface area contributed by atoms with Gasteiger partial charge in [0.2, 0.25) is 10.0 Å². The number of carbonyl (C=O) groups is 1. The number of alkyl halides is 3. The zero-order chi connectivity index (χ0) is 25.7. The monoisotopic (exact) mass is 527 g/mol. The number of hydrogen-bond donors (Lipinski definition) is 3. The zero-order valence-electron chi connectivity index (χ0n) is 19.1. The Morgan fingerprint density at radius 3 is 2.47 bits per heavy atom. The van der Waals surface area contributed by atoms with Gasteiger partial charge in [-0.1, -0.05) is 6.07 Å². The summed E-state index contributed by atoms with van der Waals surface area (Å²) in [7, 11) is -3.84. The first-order valence-electron chi connectivity index (χ1n) is 11.7. The smallest absolute Gasteiger partial charge is 0.373 e. The first-order chi connectivity index (χ1) is 17.0. The minimum Gasteiger partial charge on any atom is -0.373 e. The Morgan fingerprint density at radius 2 is 1.83 bits per heavy atom. The van der Waals surface area contributed by atoms with E-state index in [9.17, 15) is 30.8 Å². The Bertz CT molecular complexity index is 1270.